The van der Waals surface area contributed by atoms with Crippen molar-refractivity contribution >= 4 is 35.0 Å². The topological polar surface area (TPSA) is 75.9 Å². The summed E-state index contributed by atoms with van der Waals surface area (Å²) in [6, 6.07) is 3.18. The van der Waals surface area contributed by atoms with Gasteiger partial charge in [-0.1, -0.05) is 23.4 Å². The SMILES string of the molecule is CC(Sc1nnnn1CCN(C)C)C(=O)Nc1ccc(Cl)cc1C(F)(F)F. The van der Waals surface area contributed by atoms with Crippen LogP contribution in [0, 0.1) is 0 Å². The van der Waals surface area contributed by atoms with Crippen LogP contribution in [0.15, 0.2) is 23.4 Å². The molecule has 2 aromatic rings. The smallest absolute Gasteiger partial charge is 0.325 e. The summed E-state index contributed by atoms with van der Waals surface area (Å²) in [5, 5.41) is 13.2. The number of anilines is 1. The van der Waals surface area contributed by atoms with E-state index in [0.717, 1.165) is 23.9 Å². The first kappa shape index (κ1) is 21.5. The number of carbonyl (C=O) groups excluding carboxylic acids is 1. The van der Waals surface area contributed by atoms with E-state index in [2.05, 4.69) is 20.8 Å². The fourth-order valence-electron chi connectivity index (χ4n) is 2.02. The van der Waals surface area contributed by atoms with Gasteiger partial charge in [0.05, 0.1) is 23.0 Å². The Kier molecular flexibility index (Phi) is 7.06. The number of carbonyl (C=O) groups is 1. The van der Waals surface area contributed by atoms with Gasteiger partial charge in [-0.15, -0.1) is 5.10 Å². The summed E-state index contributed by atoms with van der Waals surface area (Å²) in [6.45, 7) is 2.78. The monoisotopic (exact) mass is 422 g/mol. The van der Waals surface area contributed by atoms with Crippen LogP contribution in [0.4, 0.5) is 18.9 Å². The van der Waals surface area contributed by atoms with E-state index in [9.17, 15) is 18.0 Å². The summed E-state index contributed by atoms with van der Waals surface area (Å²) in [6.07, 6.45) is -4.64. The maximum absolute atomic E-state index is 13.1. The van der Waals surface area contributed by atoms with Gasteiger partial charge in [0, 0.05) is 11.6 Å². The van der Waals surface area contributed by atoms with Crippen molar-refractivity contribution in [2.75, 3.05) is 26.0 Å². The fraction of sp³-hybridized carbons (Fsp3) is 0.467. The number of benzene rings is 1. The van der Waals surface area contributed by atoms with E-state index in [1.54, 1.807) is 6.92 Å². The van der Waals surface area contributed by atoms with Crippen LogP contribution in [0.5, 0.6) is 0 Å². The Balaban J connectivity index is 2.08. The number of amides is 1. The molecule has 7 nitrogen and oxygen atoms in total. The standard InChI is InChI=1S/C15H18ClF3N6OS/c1-9(27-14-21-22-23-25(14)7-6-24(2)3)13(26)20-12-5-4-10(16)8-11(12)15(17,18)19/h4-5,8-9H,6-7H2,1-3H3,(H,20,26). The Labute approximate surface area is 163 Å². The minimum absolute atomic E-state index is 0.0668. The number of alkyl halides is 3. The lowest BCUT2D eigenvalue weighted by Crippen LogP contribution is -2.25. The lowest BCUT2D eigenvalue weighted by atomic mass is 10.1. The molecular formula is C15H18ClF3N6OS. The molecule has 1 N–H and O–H groups in total. The zero-order valence-electron chi connectivity index (χ0n) is 14.8. The summed E-state index contributed by atoms with van der Waals surface area (Å²) in [5.41, 5.74) is -1.35. The van der Waals surface area contributed by atoms with Gasteiger partial charge < -0.3 is 10.2 Å². The summed E-state index contributed by atoms with van der Waals surface area (Å²) in [5.74, 6) is -0.602. The molecule has 1 unspecified atom stereocenters. The molecule has 0 aliphatic heterocycles. The van der Waals surface area contributed by atoms with Crippen LogP contribution in [0.2, 0.25) is 5.02 Å². The quantitative estimate of drug-likeness (QED) is 0.691. The van der Waals surface area contributed by atoms with Crippen LogP contribution < -0.4 is 5.32 Å². The molecule has 0 aliphatic rings. The summed E-state index contributed by atoms with van der Waals surface area (Å²) in [4.78, 5) is 14.3. The third kappa shape index (κ3) is 6.08. The number of halogens is 4. The van der Waals surface area contributed by atoms with E-state index in [-0.39, 0.29) is 10.7 Å². The molecule has 0 aliphatic carbocycles. The molecule has 148 valence electrons. The highest BCUT2D eigenvalue weighted by atomic mass is 35.5. The first-order chi connectivity index (χ1) is 12.6. The second-order valence-corrected chi connectivity index (χ2v) is 7.67. The molecule has 0 fully saturated rings. The summed E-state index contributed by atoms with van der Waals surface area (Å²) < 4.78 is 41.0. The zero-order valence-corrected chi connectivity index (χ0v) is 16.4. The van der Waals surface area contributed by atoms with Gasteiger partial charge in [-0.25, -0.2) is 4.68 Å². The first-order valence-corrected chi connectivity index (χ1v) is 9.09. The molecule has 1 atom stereocenters. The Morgan fingerprint density at radius 3 is 2.74 bits per heavy atom. The Bertz CT molecular complexity index is 798. The highest BCUT2D eigenvalue weighted by molar-refractivity contribution is 8.00. The molecular weight excluding hydrogens is 405 g/mol. The lowest BCUT2D eigenvalue weighted by Gasteiger charge is -2.16. The number of thioether (sulfide) groups is 1. The number of aromatic nitrogens is 4. The Morgan fingerprint density at radius 1 is 1.41 bits per heavy atom. The molecule has 27 heavy (non-hydrogen) atoms. The van der Waals surface area contributed by atoms with Gasteiger partial charge >= 0.3 is 6.18 Å². The molecule has 12 heteroatoms. The molecule has 1 aromatic heterocycles. The van der Waals surface area contributed by atoms with Crippen LogP contribution in [-0.2, 0) is 17.5 Å². The lowest BCUT2D eigenvalue weighted by molar-refractivity contribution is -0.137. The minimum atomic E-state index is -4.64. The molecule has 0 spiro atoms. The molecule has 0 bridgehead atoms. The van der Waals surface area contributed by atoms with Crippen molar-refractivity contribution in [3.05, 3.63) is 28.8 Å². The van der Waals surface area contributed by atoms with E-state index >= 15 is 0 Å². The van der Waals surface area contributed by atoms with Crippen LogP contribution in [0.1, 0.15) is 12.5 Å². The number of likely N-dealkylation sites (N-methyl/N-ethyl adjacent to an activating group) is 1. The number of rotatable bonds is 7. The van der Waals surface area contributed by atoms with Crippen LogP contribution in [0.3, 0.4) is 0 Å². The van der Waals surface area contributed by atoms with Gasteiger partial charge in [-0.2, -0.15) is 13.2 Å². The van der Waals surface area contributed by atoms with Crippen molar-refractivity contribution in [2.24, 2.45) is 0 Å². The van der Waals surface area contributed by atoms with E-state index in [0.29, 0.717) is 18.2 Å². The van der Waals surface area contributed by atoms with Crippen LogP contribution >= 0.6 is 23.4 Å². The van der Waals surface area contributed by atoms with Gasteiger partial charge in [0.1, 0.15) is 0 Å². The molecule has 1 heterocycles. The van der Waals surface area contributed by atoms with Crippen molar-refractivity contribution in [2.45, 2.75) is 30.1 Å². The maximum Gasteiger partial charge on any atom is 0.418 e. The van der Waals surface area contributed by atoms with Crippen molar-refractivity contribution in [1.82, 2.24) is 25.1 Å². The summed E-state index contributed by atoms with van der Waals surface area (Å²) >= 11 is 6.70. The summed E-state index contributed by atoms with van der Waals surface area (Å²) in [7, 11) is 3.80. The van der Waals surface area contributed by atoms with Crippen LogP contribution in [0.25, 0.3) is 0 Å². The van der Waals surface area contributed by atoms with Crippen molar-refractivity contribution < 1.29 is 18.0 Å². The van der Waals surface area contributed by atoms with E-state index in [1.807, 2.05) is 19.0 Å². The van der Waals surface area contributed by atoms with E-state index in [4.69, 9.17) is 11.6 Å². The molecule has 2 rings (SSSR count). The molecule has 0 saturated carbocycles. The van der Waals surface area contributed by atoms with Gasteiger partial charge in [0.2, 0.25) is 11.1 Å². The third-order valence-electron chi connectivity index (χ3n) is 3.45. The van der Waals surface area contributed by atoms with Crippen LogP contribution in [-0.4, -0.2) is 56.9 Å². The van der Waals surface area contributed by atoms with Gasteiger partial charge in [0.15, 0.2) is 0 Å². The number of hydrogen-bond acceptors (Lipinski definition) is 6. The predicted octanol–water partition coefficient (Wildman–Crippen LogP) is 3.03. The highest BCUT2D eigenvalue weighted by Gasteiger charge is 2.34. The van der Waals surface area contributed by atoms with E-state index < -0.39 is 22.9 Å². The second kappa shape index (κ2) is 8.89. The second-order valence-electron chi connectivity index (χ2n) is 5.92. The number of hydrogen-bond donors (Lipinski definition) is 1. The molecule has 0 saturated heterocycles. The molecule has 1 amide bonds. The molecule has 0 radical (unpaired) electrons. The zero-order chi connectivity index (χ0) is 20.2. The largest absolute Gasteiger partial charge is 0.418 e. The Morgan fingerprint density at radius 2 is 2.11 bits per heavy atom. The van der Waals surface area contributed by atoms with Crippen molar-refractivity contribution in [3.8, 4) is 0 Å². The normalized spacial score (nSPS) is 13.0. The number of nitrogens with one attached hydrogen (secondary N) is 1. The maximum atomic E-state index is 13.1. The van der Waals surface area contributed by atoms with Gasteiger partial charge in [-0.3, -0.25) is 4.79 Å². The Hall–Kier alpha value is -1.85. The fourth-order valence-corrected chi connectivity index (χ4v) is 3.01. The minimum Gasteiger partial charge on any atom is -0.325 e. The van der Waals surface area contributed by atoms with E-state index in [1.165, 1.54) is 10.7 Å². The number of tetrazole rings is 1. The van der Waals surface area contributed by atoms with Gasteiger partial charge in [-0.05, 0) is 49.6 Å². The highest BCUT2D eigenvalue weighted by Crippen LogP contribution is 2.36. The van der Waals surface area contributed by atoms with Gasteiger partial charge in [0.25, 0.3) is 0 Å². The first-order valence-electron chi connectivity index (χ1n) is 7.83. The molecule has 1 aromatic carbocycles. The van der Waals surface area contributed by atoms with Crippen molar-refractivity contribution in [3.63, 3.8) is 0 Å². The average molecular weight is 423 g/mol. The average Bonchev–Trinajstić information content (AvgIpc) is 3.00. The predicted molar refractivity (Wildman–Crippen MR) is 96.8 cm³/mol. The number of nitrogens with zero attached hydrogens (tertiary/aromatic N) is 5. The third-order valence-corrected chi connectivity index (χ3v) is 4.76. The van der Waals surface area contributed by atoms with Crippen molar-refractivity contribution in [1.29, 1.82) is 0 Å².